The second kappa shape index (κ2) is 7.22. The Balaban J connectivity index is 3.11. The average Bonchev–Trinajstić information content (AvgIpc) is 2.70. The molecule has 4 nitrogen and oxygen atoms in total. The molecule has 0 aliphatic rings. The van der Waals surface area contributed by atoms with Crippen LogP contribution in [0, 0.1) is 6.92 Å². The van der Waals surface area contributed by atoms with Crippen LogP contribution < -0.4 is 0 Å². The molecule has 1 atom stereocenters. The van der Waals surface area contributed by atoms with Gasteiger partial charge >= 0.3 is 0 Å². The van der Waals surface area contributed by atoms with Gasteiger partial charge in [0.2, 0.25) is 0 Å². The molecule has 1 unspecified atom stereocenters. The highest BCUT2D eigenvalue weighted by molar-refractivity contribution is 7.91. The van der Waals surface area contributed by atoms with E-state index in [-0.39, 0.29) is 6.04 Å². The van der Waals surface area contributed by atoms with Gasteiger partial charge < -0.3 is 4.90 Å². The van der Waals surface area contributed by atoms with Gasteiger partial charge in [0, 0.05) is 24.0 Å². The fourth-order valence-corrected chi connectivity index (χ4v) is 5.78. The lowest BCUT2D eigenvalue weighted by molar-refractivity contribution is 0.272. The average molecular weight is 339 g/mol. The molecule has 0 aliphatic heterocycles. The Morgan fingerprint density at radius 3 is 2.40 bits per heavy atom. The van der Waals surface area contributed by atoms with Gasteiger partial charge in [-0.05, 0) is 39.6 Å². The Morgan fingerprint density at radius 1 is 1.40 bits per heavy atom. The van der Waals surface area contributed by atoms with E-state index in [0.29, 0.717) is 23.2 Å². The van der Waals surface area contributed by atoms with E-state index in [9.17, 15) is 8.42 Å². The molecular weight excluding hydrogens is 316 g/mol. The topological polar surface area (TPSA) is 40.6 Å². The van der Waals surface area contributed by atoms with Gasteiger partial charge in [0.15, 0.2) is 0 Å². The van der Waals surface area contributed by atoms with Gasteiger partial charge in [-0.3, -0.25) is 0 Å². The maximum Gasteiger partial charge on any atom is 0.252 e. The predicted octanol–water partition coefficient (Wildman–Crippen LogP) is 2.76. The standard InChI is InChI=1S/C13H23ClN2O2S2/c1-6-16(11(3)9-15(4)5)20(17,18)13-7-10(2)12(8-14)19-13/h7,11H,6,8-9H2,1-5H3. The molecule has 0 aliphatic carbocycles. The summed E-state index contributed by atoms with van der Waals surface area (Å²) in [6.07, 6.45) is 0. The molecule has 1 aromatic heterocycles. The second-order valence-electron chi connectivity index (χ2n) is 5.12. The van der Waals surface area contributed by atoms with E-state index < -0.39 is 10.0 Å². The number of rotatable bonds is 7. The highest BCUT2D eigenvalue weighted by atomic mass is 35.5. The smallest absolute Gasteiger partial charge is 0.252 e. The normalized spacial score (nSPS) is 14.2. The van der Waals surface area contributed by atoms with Crippen molar-refractivity contribution in [2.45, 2.75) is 36.9 Å². The summed E-state index contributed by atoms with van der Waals surface area (Å²) in [7, 11) is 0.443. The summed E-state index contributed by atoms with van der Waals surface area (Å²) < 4.78 is 27.4. The van der Waals surface area contributed by atoms with Gasteiger partial charge in [-0.15, -0.1) is 22.9 Å². The number of hydrogen-bond acceptors (Lipinski definition) is 4. The molecule has 0 bridgehead atoms. The predicted molar refractivity (Wildman–Crippen MR) is 86.2 cm³/mol. The Labute approximate surface area is 131 Å². The third-order valence-corrected chi connectivity index (χ3v) is 7.32. The van der Waals surface area contributed by atoms with Gasteiger partial charge in [-0.25, -0.2) is 8.42 Å². The first-order chi connectivity index (χ1) is 9.23. The first-order valence-corrected chi connectivity index (χ1v) is 9.35. The van der Waals surface area contributed by atoms with E-state index >= 15 is 0 Å². The summed E-state index contributed by atoms with van der Waals surface area (Å²) in [6.45, 7) is 6.85. The van der Waals surface area contributed by atoms with Crippen molar-refractivity contribution in [1.82, 2.24) is 9.21 Å². The van der Waals surface area contributed by atoms with Crippen LogP contribution in [-0.4, -0.2) is 50.8 Å². The minimum absolute atomic E-state index is 0.0677. The van der Waals surface area contributed by atoms with Gasteiger partial charge in [0.25, 0.3) is 10.0 Å². The highest BCUT2D eigenvalue weighted by Crippen LogP contribution is 2.30. The van der Waals surface area contributed by atoms with Gasteiger partial charge in [-0.1, -0.05) is 6.92 Å². The summed E-state index contributed by atoms with van der Waals surface area (Å²) >= 11 is 7.11. The van der Waals surface area contributed by atoms with Gasteiger partial charge in [-0.2, -0.15) is 4.31 Å². The molecule has 0 saturated heterocycles. The van der Waals surface area contributed by atoms with Crippen molar-refractivity contribution >= 4 is 33.0 Å². The maximum absolute atomic E-state index is 12.7. The van der Waals surface area contributed by atoms with Crippen LogP contribution in [0.5, 0.6) is 0 Å². The van der Waals surface area contributed by atoms with Crippen LogP contribution in [-0.2, 0) is 15.9 Å². The van der Waals surface area contributed by atoms with Crippen molar-refractivity contribution in [3.8, 4) is 0 Å². The molecular formula is C13H23ClN2O2S2. The first kappa shape index (κ1) is 17.9. The summed E-state index contributed by atoms with van der Waals surface area (Å²) in [4.78, 5) is 2.91. The van der Waals surface area contributed by atoms with E-state index in [1.165, 1.54) is 11.3 Å². The molecule has 7 heteroatoms. The van der Waals surface area contributed by atoms with Crippen LogP contribution in [0.15, 0.2) is 10.3 Å². The van der Waals surface area contributed by atoms with Gasteiger partial charge in [0.1, 0.15) is 4.21 Å². The molecule has 1 rings (SSSR count). The summed E-state index contributed by atoms with van der Waals surface area (Å²) in [6, 6.07) is 1.66. The van der Waals surface area contributed by atoms with E-state index in [1.54, 1.807) is 10.4 Å². The first-order valence-electron chi connectivity index (χ1n) is 6.55. The third kappa shape index (κ3) is 3.95. The molecule has 0 fully saturated rings. The number of aryl methyl sites for hydroxylation is 1. The molecule has 0 aromatic carbocycles. The Hall–Kier alpha value is -0.140. The van der Waals surface area contributed by atoms with Gasteiger partial charge in [0.05, 0.1) is 5.88 Å². The van der Waals surface area contributed by atoms with Crippen LogP contribution in [0.4, 0.5) is 0 Å². The number of alkyl halides is 1. The minimum atomic E-state index is -3.44. The zero-order valence-electron chi connectivity index (χ0n) is 12.7. The monoisotopic (exact) mass is 338 g/mol. The van der Waals surface area contributed by atoms with Crippen molar-refractivity contribution in [2.24, 2.45) is 0 Å². The van der Waals surface area contributed by atoms with Crippen molar-refractivity contribution in [2.75, 3.05) is 27.2 Å². The van der Waals surface area contributed by atoms with E-state index in [0.717, 1.165) is 10.4 Å². The highest BCUT2D eigenvalue weighted by Gasteiger charge is 2.29. The third-order valence-electron chi connectivity index (χ3n) is 3.11. The largest absolute Gasteiger partial charge is 0.308 e. The summed E-state index contributed by atoms with van der Waals surface area (Å²) in [5.41, 5.74) is 0.944. The molecule has 1 aromatic rings. The zero-order chi connectivity index (χ0) is 15.5. The van der Waals surface area contributed by atoms with Crippen molar-refractivity contribution in [3.63, 3.8) is 0 Å². The summed E-state index contributed by atoms with van der Waals surface area (Å²) in [5.74, 6) is 0.353. The molecule has 0 saturated carbocycles. The number of halogens is 1. The maximum atomic E-state index is 12.7. The minimum Gasteiger partial charge on any atom is -0.308 e. The van der Waals surface area contributed by atoms with Crippen LogP contribution >= 0.6 is 22.9 Å². The molecule has 0 spiro atoms. The second-order valence-corrected chi connectivity index (χ2v) is 8.65. The van der Waals surface area contributed by atoms with Crippen molar-refractivity contribution in [1.29, 1.82) is 0 Å². The van der Waals surface area contributed by atoms with E-state index in [2.05, 4.69) is 0 Å². The lowest BCUT2D eigenvalue weighted by Crippen LogP contribution is -2.43. The lowest BCUT2D eigenvalue weighted by atomic mass is 10.3. The SMILES string of the molecule is CCN(C(C)CN(C)C)S(=O)(=O)c1cc(C)c(CCl)s1. The Bertz CT molecular complexity index is 541. The fraction of sp³-hybridized carbons (Fsp3) is 0.692. The van der Waals surface area contributed by atoms with Crippen LogP contribution in [0.3, 0.4) is 0 Å². The lowest BCUT2D eigenvalue weighted by Gasteiger charge is -2.28. The Morgan fingerprint density at radius 2 is 2.00 bits per heavy atom. The van der Waals surface area contributed by atoms with Crippen molar-refractivity contribution in [3.05, 3.63) is 16.5 Å². The molecule has 1 heterocycles. The summed E-state index contributed by atoms with van der Waals surface area (Å²) in [5, 5.41) is 0. The number of likely N-dealkylation sites (N-methyl/N-ethyl adjacent to an activating group) is 2. The molecule has 0 radical (unpaired) electrons. The van der Waals surface area contributed by atoms with Crippen LogP contribution in [0.1, 0.15) is 24.3 Å². The molecule has 0 amide bonds. The van der Waals surface area contributed by atoms with Crippen LogP contribution in [0.25, 0.3) is 0 Å². The fourth-order valence-electron chi connectivity index (χ4n) is 2.20. The van der Waals surface area contributed by atoms with Crippen LogP contribution in [0.2, 0.25) is 0 Å². The van der Waals surface area contributed by atoms with Crippen molar-refractivity contribution < 1.29 is 8.42 Å². The zero-order valence-corrected chi connectivity index (χ0v) is 15.1. The molecule has 0 N–H and O–H groups in total. The quantitative estimate of drug-likeness (QED) is 0.718. The number of hydrogen-bond donors (Lipinski definition) is 0. The molecule has 116 valence electrons. The Kier molecular flexibility index (Phi) is 6.47. The molecule has 20 heavy (non-hydrogen) atoms. The van der Waals surface area contributed by atoms with E-state index in [4.69, 9.17) is 11.6 Å². The van der Waals surface area contributed by atoms with E-state index in [1.807, 2.05) is 39.8 Å². The number of thiophene rings is 1. The number of nitrogens with zero attached hydrogens (tertiary/aromatic N) is 2. The number of sulfonamides is 1.